The smallest absolute Gasteiger partial charge is 0.132 e. The van der Waals surface area contributed by atoms with Crippen LogP contribution in [-0.4, -0.2) is 36.3 Å². The van der Waals surface area contributed by atoms with Gasteiger partial charge in [-0.3, -0.25) is 0 Å². The Morgan fingerprint density at radius 2 is 1.84 bits per heavy atom. The molecule has 1 aromatic rings. The van der Waals surface area contributed by atoms with Crippen LogP contribution in [0.2, 0.25) is 0 Å². The molecule has 2 aliphatic heterocycles. The maximum Gasteiger partial charge on any atom is 0.132 e. The van der Waals surface area contributed by atoms with E-state index in [1.165, 1.54) is 32.1 Å². The van der Waals surface area contributed by atoms with Crippen molar-refractivity contribution in [1.82, 2.24) is 9.97 Å². The monoisotopic (exact) mass is 261 g/mol. The van der Waals surface area contributed by atoms with Crippen molar-refractivity contribution in [3.63, 3.8) is 0 Å². The van der Waals surface area contributed by atoms with Crippen LogP contribution in [0.25, 0.3) is 0 Å². The highest BCUT2D eigenvalue weighted by Gasteiger charge is 2.20. The normalized spacial score (nSPS) is 25.1. The van der Waals surface area contributed by atoms with Crippen LogP contribution in [0.5, 0.6) is 0 Å². The first-order valence-electron chi connectivity index (χ1n) is 7.58. The second-order valence-electron chi connectivity index (χ2n) is 5.62. The number of nitrogens with zero attached hydrogens (tertiary/aromatic N) is 3. The van der Waals surface area contributed by atoms with Gasteiger partial charge in [0.05, 0.1) is 12.3 Å². The molecule has 104 valence electrons. The van der Waals surface area contributed by atoms with Crippen molar-refractivity contribution in [2.75, 3.05) is 31.2 Å². The summed E-state index contributed by atoms with van der Waals surface area (Å²) in [4.78, 5) is 11.4. The van der Waals surface area contributed by atoms with Gasteiger partial charge in [0, 0.05) is 31.7 Å². The van der Waals surface area contributed by atoms with Gasteiger partial charge in [-0.15, -0.1) is 0 Å². The summed E-state index contributed by atoms with van der Waals surface area (Å²) in [6.45, 7) is 3.96. The first-order chi connectivity index (χ1) is 9.43. The molecule has 4 nitrogen and oxygen atoms in total. The number of rotatable bonds is 2. The molecule has 0 aromatic carbocycles. The van der Waals surface area contributed by atoms with Crippen LogP contribution in [-0.2, 0) is 4.74 Å². The van der Waals surface area contributed by atoms with E-state index in [2.05, 4.69) is 20.9 Å². The Morgan fingerprint density at radius 1 is 1.05 bits per heavy atom. The molecule has 0 radical (unpaired) electrons. The number of hydrogen-bond acceptors (Lipinski definition) is 4. The maximum atomic E-state index is 5.46. The minimum Gasteiger partial charge on any atom is -0.381 e. The summed E-state index contributed by atoms with van der Waals surface area (Å²) in [6.07, 6.45) is 9.48. The van der Waals surface area contributed by atoms with Gasteiger partial charge in [0.2, 0.25) is 0 Å². The largest absolute Gasteiger partial charge is 0.381 e. The summed E-state index contributed by atoms with van der Waals surface area (Å²) in [5.41, 5.74) is 1.16. The lowest BCUT2D eigenvalue weighted by Crippen LogP contribution is -2.28. The van der Waals surface area contributed by atoms with Crippen molar-refractivity contribution >= 4 is 5.82 Å². The fourth-order valence-electron chi connectivity index (χ4n) is 3.00. The van der Waals surface area contributed by atoms with E-state index < -0.39 is 0 Å². The SMILES string of the molecule is c1nc(C2CCOC2)cc(N2CCCCCCC2)n1. The van der Waals surface area contributed by atoms with Gasteiger partial charge in [-0.1, -0.05) is 19.3 Å². The van der Waals surface area contributed by atoms with E-state index >= 15 is 0 Å². The summed E-state index contributed by atoms with van der Waals surface area (Å²) in [5, 5.41) is 0. The Bertz CT molecular complexity index is 396. The molecule has 0 spiro atoms. The fraction of sp³-hybridized carbons (Fsp3) is 0.733. The molecule has 0 aliphatic carbocycles. The highest BCUT2D eigenvalue weighted by molar-refractivity contribution is 5.39. The van der Waals surface area contributed by atoms with E-state index in [0.29, 0.717) is 5.92 Å². The Balaban J connectivity index is 1.73. The van der Waals surface area contributed by atoms with E-state index in [0.717, 1.165) is 44.2 Å². The van der Waals surface area contributed by atoms with Crippen molar-refractivity contribution in [2.24, 2.45) is 0 Å². The Kier molecular flexibility index (Phi) is 4.28. The van der Waals surface area contributed by atoms with Crippen molar-refractivity contribution in [3.8, 4) is 0 Å². The Morgan fingerprint density at radius 3 is 2.58 bits per heavy atom. The number of hydrogen-bond donors (Lipinski definition) is 0. The molecule has 1 unspecified atom stereocenters. The molecular formula is C15H23N3O. The van der Waals surface area contributed by atoms with Gasteiger partial charge in [0.1, 0.15) is 12.1 Å². The molecule has 1 aromatic heterocycles. The minimum absolute atomic E-state index is 0.469. The predicted octanol–water partition coefficient (Wildman–Crippen LogP) is 2.75. The van der Waals surface area contributed by atoms with Gasteiger partial charge in [-0.2, -0.15) is 0 Å². The molecule has 19 heavy (non-hydrogen) atoms. The van der Waals surface area contributed by atoms with Crippen LogP contribution in [0.3, 0.4) is 0 Å². The molecular weight excluding hydrogens is 238 g/mol. The topological polar surface area (TPSA) is 38.2 Å². The zero-order chi connectivity index (χ0) is 12.9. The van der Waals surface area contributed by atoms with Gasteiger partial charge in [-0.25, -0.2) is 9.97 Å². The molecule has 1 atom stereocenters. The number of ether oxygens (including phenoxy) is 1. The van der Waals surface area contributed by atoms with E-state index in [1.54, 1.807) is 6.33 Å². The average Bonchev–Trinajstić information content (AvgIpc) is 2.92. The van der Waals surface area contributed by atoms with Crippen LogP contribution in [0.4, 0.5) is 5.82 Å². The van der Waals surface area contributed by atoms with Crippen molar-refractivity contribution in [1.29, 1.82) is 0 Å². The van der Waals surface area contributed by atoms with Crippen molar-refractivity contribution < 1.29 is 4.74 Å². The first kappa shape index (κ1) is 12.9. The van der Waals surface area contributed by atoms with E-state index in [4.69, 9.17) is 4.74 Å². The summed E-state index contributed by atoms with van der Waals surface area (Å²) >= 11 is 0. The molecule has 2 saturated heterocycles. The lowest BCUT2D eigenvalue weighted by molar-refractivity contribution is 0.193. The minimum atomic E-state index is 0.469. The average molecular weight is 261 g/mol. The molecule has 2 fully saturated rings. The second kappa shape index (κ2) is 6.33. The zero-order valence-corrected chi connectivity index (χ0v) is 11.6. The molecule has 4 heteroatoms. The standard InChI is InChI=1S/C15H23N3O/c1-2-4-7-18(8-5-3-1)15-10-14(16-12-17-15)13-6-9-19-11-13/h10,12-13H,1-9,11H2. The number of anilines is 1. The molecule has 3 heterocycles. The van der Waals surface area contributed by atoms with E-state index in [9.17, 15) is 0 Å². The van der Waals surface area contributed by atoms with Gasteiger partial charge in [0.15, 0.2) is 0 Å². The third-order valence-electron chi connectivity index (χ3n) is 4.20. The molecule has 0 saturated carbocycles. The summed E-state index contributed by atoms with van der Waals surface area (Å²) in [6, 6.07) is 2.18. The Hall–Kier alpha value is -1.16. The van der Waals surface area contributed by atoms with Crippen LogP contribution in [0.1, 0.15) is 50.1 Å². The number of aromatic nitrogens is 2. The van der Waals surface area contributed by atoms with Crippen molar-refractivity contribution in [3.05, 3.63) is 18.1 Å². The first-order valence-corrected chi connectivity index (χ1v) is 7.58. The maximum absolute atomic E-state index is 5.46. The van der Waals surface area contributed by atoms with E-state index in [1.807, 2.05) is 0 Å². The van der Waals surface area contributed by atoms with Crippen LogP contribution in [0.15, 0.2) is 12.4 Å². The van der Waals surface area contributed by atoms with Gasteiger partial charge < -0.3 is 9.64 Å². The summed E-state index contributed by atoms with van der Waals surface area (Å²) in [7, 11) is 0. The molecule has 0 N–H and O–H groups in total. The van der Waals surface area contributed by atoms with Crippen LogP contribution >= 0.6 is 0 Å². The Labute approximate surface area is 115 Å². The molecule has 2 aliphatic rings. The summed E-state index contributed by atoms with van der Waals surface area (Å²) in [5.74, 6) is 1.58. The van der Waals surface area contributed by atoms with Gasteiger partial charge in [0.25, 0.3) is 0 Å². The quantitative estimate of drug-likeness (QED) is 0.820. The lowest BCUT2D eigenvalue weighted by Gasteiger charge is -2.26. The second-order valence-corrected chi connectivity index (χ2v) is 5.62. The zero-order valence-electron chi connectivity index (χ0n) is 11.6. The third kappa shape index (κ3) is 3.24. The van der Waals surface area contributed by atoms with Gasteiger partial charge >= 0.3 is 0 Å². The molecule has 0 amide bonds. The van der Waals surface area contributed by atoms with E-state index in [-0.39, 0.29) is 0 Å². The van der Waals surface area contributed by atoms with Gasteiger partial charge in [-0.05, 0) is 19.3 Å². The van der Waals surface area contributed by atoms with Crippen molar-refractivity contribution in [2.45, 2.75) is 44.4 Å². The molecule has 3 rings (SSSR count). The van der Waals surface area contributed by atoms with Crippen LogP contribution < -0.4 is 4.90 Å². The fourth-order valence-corrected chi connectivity index (χ4v) is 3.00. The predicted molar refractivity (Wildman–Crippen MR) is 75.5 cm³/mol. The van der Waals surface area contributed by atoms with Crippen LogP contribution in [0, 0.1) is 0 Å². The summed E-state index contributed by atoms with van der Waals surface area (Å²) < 4.78 is 5.46. The highest BCUT2D eigenvalue weighted by Crippen LogP contribution is 2.26. The third-order valence-corrected chi connectivity index (χ3v) is 4.20. The lowest BCUT2D eigenvalue weighted by atomic mass is 10.0. The molecule has 0 bridgehead atoms. The highest BCUT2D eigenvalue weighted by atomic mass is 16.5.